The third kappa shape index (κ3) is 2.17. The van der Waals surface area contributed by atoms with Crippen LogP contribution in [0.3, 0.4) is 0 Å². The molecule has 0 spiro atoms. The van der Waals surface area contributed by atoms with Gasteiger partial charge in [-0.2, -0.15) is 0 Å². The van der Waals surface area contributed by atoms with Gasteiger partial charge in [0.05, 0.1) is 0 Å². The Balaban J connectivity index is 0.000000980. The van der Waals surface area contributed by atoms with Gasteiger partial charge in [0.15, 0.2) is 0 Å². The van der Waals surface area contributed by atoms with Gasteiger partial charge in [-0.25, -0.2) is 0 Å². The van der Waals surface area contributed by atoms with Crippen molar-refractivity contribution in [1.82, 2.24) is 0 Å². The van der Waals surface area contributed by atoms with Crippen LogP contribution in [-0.4, -0.2) is 6.04 Å². The Morgan fingerprint density at radius 1 is 1.21 bits per heavy atom. The Hall–Kier alpha value is 0.0500. The van der Waals surface area contributed by atoms with Crippen LogP contribution in [0.5, 0.6) is 0 Å². The monoisotopic (exact) mass is 251 g/mol. The quantitative estimate of drug-likeness (QED) is 0.812. The summed E-state index contributed by atoms with van der Waals surface area (Å²) < 4.78 is 0. The minimum absolute atomic E-state index is 0. The van der Waals surface area contributed by atoms with Crippen molar-refractivity contribution in [1.29, 1.82) is 0 Å². The maximum Gasteiger partial charge on any atom is 0.0456 e. The van der Waals surface area contributed by atoms with Gasteiger partial charge in [0.25, 0.3) is 0 Å². The molecule has 0 aliphatic heterocycles. The van der Waals surface area contributed by atoms with Crippen LogP contribution in [0.1, 0.15) is 24.3 Å². The standard InChI is InChI=1S/C10H11Cl2N.ClH/c11-6-1-2-7(9(12)5-6)8-3-4-10(8)13;/h1-2,5,8,10H,3-4,13H2;1H/t8-,10-;/m0./s1. The molecule has 2 rings (SSSR count). The molecule has 1 saturated carbocycles. The highest BCUT2D eigenvalue weighted by Crippen LogP contribution is 2.39. The van der Waals surface area contributed by atoms with Gasteiger partial charge in [0, 0.05) is 22.0 Å². The van der Waals surface area contributed by atoms with E-state index in [2.05, 4.69) is 0 Å². The molecule has 0 aromatic heterocycles. The van der Waals surface area contributed by atoms with Crippen LogP contribution in [0, 0.1) is 0 Å². The molecule has 2 N–H and O–H groups in total. The van der Waals surface area contributed by atoms with Crippen LogP contribution in [0.15, 0.2) is 18.2 Å². The van der Waals surface area contributed by atoms with Crippen molar-refractivity contribution >= 4 is 35.6 Å². The van der Waals surface area contributed by atoms with Crippen molar-refractivity contribution in [3.63, 3.8) is 0 Å². The van der Waals surface area contributed by atoms with Gasteiger partial charge in [-0.15, -0.1) is 12.4 Å². The fourth-order valence-electron chi connectivity index (χ4n) is 1.71. The summed E-state index contributed by atoms with van der Waals surface area (Å²) in [5.41, 5.74) is 7.01. The van der Waals surface area contributed by atoms with E-state index in [9.17, 15) is 0 Å². The highest BCUT2D eigenvalue weighted by Gasteiger charge is 2.30. The van der Waals surface area contributed by atoms with E-state index in [1.54, 1.807) is 6.07 Å². The fraction of sp³-hybridized carbons (Fsp3) is 0.400. The normalized spacial score (nSPS) is 25.1. The molecular weight excluding hydrogens is 240 g/mol. The third-order valence-electron chi connectivity index (χ3n) is 2.69. The molecule has 1 aromatic rings. The summed E-state index contributed by atoms with van der Waals surface area (Å²) in [6.07, 6.45) is 2.24. The number of rotatable bonds is 1. The highest BCUT2D eigenvalue weighted by molar-refractivity contribution is 6.35. The van der Waals surface area contributed by atoms with Crippen LogP contribution in [0.2, 0.25) is 10.0 Å². The summed E-state index contributed by atoms with van der Waals surface area (Å²) in [6.45, 7) is 0. The van der Waals surface area contributed by atoms with E-state index in [4.69, 9.17) is 28.9 Å². The average molecular weight is 253 g/mol. The molecule has 0 heterocycles. The summed E-state index contributed by atoms with van der Waals surface area (Å²) in [6, 6.07) is 5.91. The van der Waals surface area contributed by atoms with Crippen LogP contribution in [0.4, 0.5) is 0 Å². The molecule has 0 radical (unpaired) electrons. The van der Waals surface area contributed by atoms with Gasteiger partial charge in [-0.1, -0.05) is 29.3 Å². The molecule has 1 nitrogen and oxygen atoms in total. The van der Waals surface area contributed by atoms with Crippen molar-refractivity contribution in [2.24, 2.45) is 5.73 Å². The van der Waals surface area contributed by atoms with E-state index >= 15 is 0 Å². The topological polar surface area (TPSA) is 26.0 Å². The first-order valence-electron chi connectivity index (χ1n) is 4.39. The van der Waals surface area contributed by atoms with Gasteiger partial charge >= 0.3 is 0 Å². The lowest BCUT2D eigenvalue weighted by Gasteiger charge is -2.34. The van der Waals surface area contributed by atoms with E-state index in [-0.39, 0.29) is 18.4 Å². The van der Waals surface area contributed by atoms with Crippen molar-refractivity contribution in [3.05, 3.63) is 33.8 Å². The van der Waals surface area contributed by atoms with Gasteiger partial charge in [-0.3, -0.25) is 0 Å². The zero-order valence-corrected chi connectivity index (χ0v) is 9.87. The second kappa shape index (κ2) is 4.71. The number of halogens is 3. The molecule has 1 aromatic carbocycles. The molecule has 0 unspecified atom stereocenters. The summed E-state index contributed by atoms with van der Waals surface area (Å²) in [7, 11) is 0. The Morgan fingerprint density at radius 2 is 1.93 bits per heavy atom. The maximum atomic E-state index is 6.06. The molecule has 1 aliphatic rings. The first-order chi connectivity index (χ1) is 6.18. The van der Waals surface area contributed by atoms with Gasteiger partial charge in [0.1, 0.15) is 0 Å². The number of hydrogen-bond donors (Lipinski definition) is 1. The molecule has 0 amide bonds. The lowest BCUT2D eigenvalue weighted by atomic mass is 9.76. The maximum absolute atomic E-state index is 6.06. The van der Waals surface area contributed by atoms with Gasteiger partial charge in [0.2, 0.25) is 0 Å². The smallest absolute Gasteiger partial charge is 0.0456 e. The molecule has 14 heavy (non-hydrogen) atoms. The van der Waals surface area contributed by atoms with Crippen LogP contribution >= 0.6 is 35.6 Å². The number of benzene rings is 1. The highest BCUT2D eigenvalue weighted by atomic mass is 35.5. The Morgan fingerprint density at radius 3 is 2.36 bits per heavy atom. The Kier molecular flexibility index (Phi) is 4.08. The fourth-order valence-corrected chi connectivity index (χ4v) is 2.26. The molecular formula is C10H12Cl3N. The van der Waals surface area contributed by atoms with Gasteiger partial charge in [-0.05, 0) is 30.5 Å². The summed E-state index contributed by atoms with van der Waals surface area (Å²) in [5.74, 6) is 0.435. The summed E-state index contributed by atoms with van der Waals surface area (Å²) >= 11 is 11.9. The SMILES string of the molecule is Cl.N[C@H]1CC[C@H]1c1ccc(Cl)cc1Cl. The van der Waals surface area contributed by atoms with E-state index in [1.807, 2.05) is 12.1 Å². The van der Waals surface area contributed by atoms with Crippen molar-refractivity contribution in [3.8, 4) is 0 Å². The Labute approximate surface area is 100.0 Å². The van der Waals surface area contributed by atoms with Crippen LogP contribution < -0.4 is 5.73 Å². The van der Waals surface area contributed by atoms with Gasteiger partial charge < -0.3 is 5.73 Å². The van der Waals surface area contributed by atoms with E-state index in [1.165, 1.54) is 0 Å². The minimum atomic E-state index is 0. The third-order valence-corrected chi connectivity index (χ3v) is 3.25. The molecule has 0 saturated heterocycles. The van der Waals surface area contributed by atoms with Crippen molar-refractivity contribution in [2.75, 3.05) is 0 Å². The molecule has 78 valence electrons. The second-order valence-electron chi connectivity index (χ2n) is 3.51. The van der Waals surface area contributed by atoms with Crippen LogP contribution in [0.25, 0.3) is 0 Å². The zero-order chi connectivity index (χ0) is 9.42. The second-order valence-corrected chi connectivity index (χ2v) is 4.36. The van der Waals surface area contributed by atoms with Crippen molar-refractivity contribution in [2.45, 2.75) is 24.8 Å². The molecule has 4 heteroatoms. The van der Waals surface area contributed by atoms with Crippen molar-refractivity contribution < 1.29 is 0 Å². The summed E-state index contributed by atoms with van der Waals surface area (Å²) in [5, 5.41) is 1.43. The minimum Gasteiger partial charge on any atom is -0.327 e. The molecule has 1 fully saturated rings. The number of hydrogen-bond acceptors (Lipinski definition) is 1. The predicted molar refractivity (Wildman–Crippen MR) is 63.7 cm³/mol. The lowest BCUT2D eigenvalue weighted by molar-refractivity contribution is 0.347. The van der Waals surface area contributed by atoms with E-state index < -0.39 is 0 Å². The Bertz CT molecular complexity index is 327. The average Bonchev–Trinajstić information content (AvgIpc) is 2.07. The lowest BCUT2D eigenvalue weighted by Crippen LogP contribution is -2.37. The van der Waals surface area contributed by atoms with E-state index in [0.717, 1.165) is 23.4 Å². The molecule has 0 bridgehead atoms. The first kappa shape index (κ1) is 12.1. The first-order valence-corrected chi connectivity index (χ1v) is 5.14. The molecule has 1 aliphatic carbocycles. The molecule has 2 atom stereocenters. The van der Waals surface area contributed by atoms with Crippen LogP contribution in [-0.2, 0) is 0 Å². The summed E-state index contributed by atoms with van der Waals surface area (Å²) in [4.78, 5) is 0. The van der Waals surface area contributed by atoms with E-state index in [0.29, 0.717) is 10.9 Å². The number of nitrogens with two attached hydrogens (primary N) is 1. The predicted octanol–water partition coefficient (Wildman–Crippen LogP) is 3.62. The zero-order valence-electron chi connectivity index (χ0n) is 7.54. The largest absolute Gasteiger partial charge is 0.327 e.